The Morgan fingerprint density at radius 2 is 1.67 bits per heavy atom. The van der Waals surface area contributed by atoms with Crippen molar-refractivity contribution in [3.8, 4) is 0 Å². The molecule has 6 N–H and O–H groups in total. The van der Waals surface area contributed by atoms with Gasteiger partial charge in [-0.25, -0.2) is 0 Å². The molecule has 1 atom stereocenters. The van der Waals surface area contributed by atoms with Gasteiger partial charge in [-0.1, -0.05) is 30.3 Å². The van der Waals surface area contributed by atoms with Crippen LogP contribution < -0.4 is 17.2 Å². The number of hydrogen-bond acceptors (Lipinski definition) is 4. The number of nitrogens with zero attached hydrogens (tertiary/aromatic N) is 1. The summed E-state index contributed by atoms with van der Waals surface area (Å²) in [6.07, 6.45) is -0.206. The number of carbonyl (C=O) groups excluding carboxylic acids is 3. The Morgan fingerprint density at radius 3 is 2.19 bits per heavy atom. The third-order valence-electron chi connectivity index (χ3n) is 2.89. The molecular weight excluding hydrogens is 272 g/mol. The molecule has 0 fully saturated rings. The molecule has 0 saturated heterocycles. The van der Waals surface area contributed by atoms with Gasteiger partial charge in [-0.2, -0.15) is 0 Å². The van der Waals surface area contributed by atoms with Crippen molar-refractivity contribution in [2.45, 2.75) is 25.4 Å². The summed E-state index contributed by atoms with van der Waals surface area (Å²) in [4.78, 5) is 35.4. The van der Waals surface area contributed by atoms with Gasteiger partial charge in [0.25, 0.3) is 0 Å². The molecule has 0 aromatic heterocycles. The maximum atomic E-state index is 12.2. The number of carbonyl (C=O) groups is 3. The van der Waals surface area contributed by atoms with Crippen LogP contribution in [0.5, 0.6) is 0 Å². The summed E-state index contributed by atoms with van der Waals surface area (Å²) in [6.45, 7) is 0.439. The third kappa shape index (κ3) is 6.05. The fourth-order valence-corrected chi connectivity index (χ4v) is 1.85. The average Bonchev–Trinajstić information content (AvgIpc) is 2.42. The number of primary amides is 2. The van der Waals surface area contributed by atoms with E-state index < -0.39 is 23.8 Å². The lowest BCUT2D eigenvalue weighted by molar-refractivity contribution is -0.135. The minimum Gasteiger partial charge on any atom is -0.370 e. The van der Waals surface area contributed by atoms with Crippen molar-refractivity contribution in [1.82, 2.24) is 4.90 Å². The Balaban J connectivity index is 2.78. The first kappa shape index (κ1) is 16.6. The SMILES string of the molecule is NC(=O)CCN(Cc1ccccc1)C(=O)C(N)CC(N)=O. The normalized spacial score (nSPS) is 11.7. The number of amides is 3. The van der Waals surface area contributed by atoms with Gasteiger partial charge in [0.2, 0.25) is 17.7 Å². The van der Waals surface area contributed by atoms with Crippen molar-refractivity contribution in [2.24, 2.45) is 17.2 Å². The highest BCUT2D eigenvalue weighted by Gasteiger charge is 2.23. The van der Waals surface area contributed by atoms with Gasteiger partial charge < -0.3 is 22.1 Å². The fraction of sp³-hybridized carbons (Fsp3) is 0.357. The smallest absolute Gasteiger partial charge is 0.240 e. The Bertz CT molecular complexity index is 504. The van der Waals surface area contributed by atoms with Crippen molar-refractivity contribution in [3.05, 3.63) is 35.9 Å². The molecule has 7 nitrogen and oxygen atoms in total. The van der Waals surface area contributed by atoms with Crippen molar-refractivity contribution in [3.63, 3.8) is 0 Å². The van der Waals surface area contributed by atoms with Crippen LogP contribution in [-0.2, 0) is 20.9 Å². The Labute approximate surface area is 123 Å². The lowest BCUT2D eigenvalue weighted by Crippen LogP contribution is -2.46. The van der Waals surface area contributed by atoms with E-state index in [1.807, 2.05) is 30.3 Å². The van der Waals surface area contributed by atoms with Crippen LogP contribution in [0.2, 0.25) is 0 Å². The molecule has 3 amide bonds. The zero-order chi connectivity index (χ0) is 15.8. The van der Waals surface area contributed by atoms with Crippen LogP contribution in [0.15, 0.2) is 30.3 Å². The maximum Gasteiger partial charge on any atom is 0.240 e. The van der Waals surface area contributed by atoms with Crippen LogP contribution in [-0.4, -0.2) is 35.2 Å². The van der Waals surface area contributed by atoms with Gasteiger partial charge in [0.05, 0.1) is 12.5 Å². The predicted molar refractivity (Wildman–Crippen MR) is 77.5 cm³/mol. The van der Waals surface area contributed by atoms with E-state index in [9.17, 15) is 14.4 Å². The Kier molecular flexibility index (Phi) is 6.35. The molecule has 0 heterocycles. The summed E-state index contributed by atoms with van der Waals surface area (Å²) in [7, 11) is 0. The molecule has 0 bridgehead atoms. The largest absolute Gasteiger partial charge is 0.370 e. The standard InChI is InChI=1S/C14H20N4O3/c15-11(8-13(17)20)14(21)18(7-6-12(16)19)9-10-4-2-1-3-5-10/h1-5,11H,6-9,15H2,(H2,16,19)(H2,17,20). The summed E-state index contributed by atoms with van der Waals surface area (Å²) in [5, 5.41) is 0. The van der Waals surface area contributed by atoms with Gasteiger partial charge in [0.1, 0.15) is 0 Å². The summed E-state index contributed by atoms with van der Waals surface area (Å²) in [6, 6.07) is 8.23. The zero-order valence-electron chi connectivity index (χ0n) is 11.7. The second-order valence-corrected chi connectivity index (χ2v) is 4.74. The molecule has 0 aliphatic rings. The van der Waals surface area contributed by atoms with Crippen LogP contribution in [0.4, 0.5) is 0 Å². The monoisotopic (exact) mass is 292 g/mol. The lowest BCUT2D eigenvalue weighted by atomic mass is 10.1. The second kappa shape index (κ2) is 8.01. The molecule has 1 aromatic rings. The molecule has 1 rings (SSSR count). The average molecular weight is 292 g/mol. The highest BCUT2D eigenvalue weighted by atomic mass is 16.2. The molecule has 0 aliphatic heterocycles. The quantitative estimate of drug-likeness (QED) is 0.572. The number of benzene rings is 1. The van der Waals surface area contributed by atoms with E-state index in [0.717, 1.165) is 5.56 Å². The first-order valence-corrected chi connectivity index (χ1v) is 6.55. The zero-order valence-corrected chi connectivity index (χ0v) is 11.7. The number of rotatable bonds is 8. The number of nitrogens with two attached hydrogens (primary N) is 3. The fourth-order valence-electron chi connectivity index (χ4n) is 1.85. The Hall–Kier alpha value is -2.41. The molecule has 0 radical (unpaired) electrons. The number of hydrogen-bond donors (Lipinski definition) is 3. The molecular formula is C14H20N4O3. The van der Waals surface area contributed by atoms with Crippen LogP contribution >= 0.6 is 0 Å². The molecule has 0 aliphatic carbocycles. The molecule has 1 aromatic carbocycles. The van der Waals surface area contributed by atoms with E-state index >= 15 is 0 Å². The van der Waals surface area contributed by atoms with Crippen molar-refractivity contribution >= 4 is 17.7 Å². The molecule has 21 heavy (non-hydrogen) atoms. The molecule has 1 unspecified atom stereocenters. The van der Waals surface area contributed by atoms with Gasteiger partial charge in [-0.15, -0.1) is 0 Å². The van der Waals surface area contributed by atoms with Crippen molar-refractivity contribution < 1.29 is 14.4 Å². The first-order valence-electron chi connectivity index (χ1n) is 6.55. The van der Waals surface area contributed by atoms with E-state index in [2.05, 4.69) is 0 Å². The summed E-state index contributed by atoms with van der Waals surface area (Å²) >= 11 is 0. The predicted octanol–water partition coefficient (Wildman–Crippen LogP) is -0.907. The Morgan fingerprint density at radius 1 is 1.05 bits per heavy atom. The topological polar surface area (TPSA) is 133 Å². The molecule has 0 saturated carbocycles. The van der Waals surface area contributed by atoms with Gasteiger partial charge in [0.15, 0.2) is 0 Å². The van der Waals surface area contributed by atoms with Gasteiger partial charge >= 0.3 is 0 Å². The van der Waals surface area contributed by atoms with Crippen LogP contribution in [0.1, 0.15) is 18.4 Å². The lowest BCUT2D eigenvalue weighted by Gasteiger charge is -2.25. The summed E-state index contributed by atoms with van der Waals surface area (Å²) in [5.74, 6) is -1.59. The van der Waals surface area contributed by atoms with E-state index in [4.69, 9.17) is 17.2 Å². The van der Waals surface area contributed by atoms with E-state index in [-0.39, 0.29) is 19.4 Å². The van der Waals surface area contributed by atoms with Crippen molar-refractivity contribution in [1.29, 1.82) is 0 Å². The summed E-state index contributed by atoms with van der Waals surface area (Å²) in [5.41, 5.74) is 16.7. The maximum absolute atomic E-state index is 12.2. The molecule has 114 valence electrons. The van der Waals surface area contributed by atoms with Gasteiger partial charge in [0, 0.05) is 19.5 Å². The van der Waals surface area contributed by atoms with E-state index in [0.29, 0.717) is 6.54 Å². The highest BCUT2D eigenvalue weighted by molar-refractivity contribution is 5.87. The van der Waals surface area contributed by atoms with Gasteiger partial charge in [-0.05, 0) is 5.56 Å². The van der Waals surface area contributed by atoms with Crippen LogP contribution in [0, 0.1) is 0 Å². The minimum atomic E-state index is -1.01. The first-order chi connectivity index (χ1) is 9.90. The molecule has 0 spiro atoms. The van der Waals surface area contributed by atoms with Crippen molar-refractivity contribution in [2.75, 3.05) is 6.54 Å². The van der Waals surface area contributed by atoms with E-state index in [1.165, 1.54) is 4.90 Å². The van der Waals surface area contributed by atoms with Crippen LogP contribution in [0.25, 0.3) is 0 Å². The second-order valence-electron chi connectivity index (χ2n) is 4.74. The van der Waals surface area contributed by atoms with E-state index in [1.54, 1.807) is 0 Å². The minimum absolute atomic E-state index is 0.0296. The highest BCUT2D eigenvalue weighted by Crippen LogP contribution is 2.07. The third-order valence-corrected chi connectivity index (χ3v) is 2.89. The van der Waals surface area contributed by atoms with Gasteiger partial charge in [-0.3, -0.25) is 14.4 Å². The molecule has 7 heteroatoms. The van der Waals surface area contributed by atoms with Crippen LogP contribution in [0.3, 0.4) is 0 Å². The summed E-state index contributed by atoms with van der Waals surface area (Å²) < 4.78 is 0.